The highest BCUT2D eigenvalue weighted by atomic mass is 127. The summed E-state index contributed by atoms with van der Waals surface area (Å²) in [6.07, 6.45) is -5.85. The SMILES string of the molecule is O=C(CC(F)(F)F)N1Cc2[nH]nc(I)c2C1. The molecule has 1 aromatic heterocycles. The molecule has 4 nitrogen and oxygen atoms in total. The molecule has 0 spiro atoms. The van der Waals surface area contributed by atoms with Crippen molar-refractivity contribution in [3.05, 3.63) is 15.0 Å². The van der Waals surface area contributed by atoms with Gasteiger partial charge in [0.15, 0.2) is 0 Å². The molecule has 88 valence electrons. The molecule has 2 heterocycles. The van der Waals surface area contributed by atoms with Gasteiger partial charge >= 0.3 is 6.18 Å². The molecule has 0 aromatic carbocycles. The number of hydrogen-bond donors (Lipinski definition) is 1. The Bertz CT molecular complexity index is 429. The normalized spacial score (nSPS) is 15.4. The molecule has 1 aliphatic heterocycles. The molecule has 0 saturated carbocycles. The average molecular weight is 345 g/mol. The molecule has 8 heteroatoms. The van der Waals surface area contributed by atoms with Crippen molar-refractivity contribution in [1.29, 1.82) is 0 Å². The number of carbonyl (C=O) groups is 1. The summed E-state index contributed by atoms with van der Waals surface area (Å²) in [5.74, 6) is -0.895. The lowest BCUT2D eigenvalue weighted by atomic mass is 10.3. The van der Waals surface area contributed by atoms with E-state index in [1.165, 1.54) is 4.90 Å². The largest absolute Gasteiger partial charge is 0.397 e. The Kier molecular flexibility index (Phi) is 2.84. The minimum atomic E-state index is -4.45. The van der Waals surface area contributed by atoms with Crippen molar-refractivity contribution in [2.24, 2.45) is 0 Å². The number of halogens is 4. The standard InChI is InChI=1S/C8H7F3IN3O/c9-8(10,11)1-6(16)15-2-4-5(3-15)13-14-7(4)12/h1-3H2,(H,13,14). The molecule has 0 aliphatic carbocycles. The second-order valence-electron chi connectivity index (χ2n) is 3.51. The Morgan fingerprint density at radius 3 is 2.75 bits per heavy atom. The van der Waals surface area contributed by atoms with Crippen LogP contribution in [-0.2, 0) is 17.9 Å². The van der Waals surface area contributed by atoms with E-state index in [2.05, 4.69) is 10.2 Å². The van der Waals surface area contributed by atoms with Crippen LogP contribution in [0.4, 0.5) is 13.2 Å². The number of amides is 1. The number of aromatic nitrogens is 2. The van der Waals surface area contributed by atoms with Gasteiger partial charge in [0, 0.05) is 5.56 Å². The lowest BCUT2D eigenvalue weighted by Gasteiger charge is -2.16. The molecule has 16 heavy (non-hydrogen) atoms. The number of nitrogens with one attached hydrogen (secondary N) is 1. The van der Waals surface area contributed by atoms with Gasteiger partial charge in [-0.3, -0.25) is 9.89 Å². The van der Waals surface area contributed by atoms with E-state index in [-0.39, 0.29) is 13.1 Å². The first-order chi connectivity index (χ1) is 7.37. The van der Waals surface area contributed by atoms with E-state index in [1.54, 1.807) is 0 Å². The zero-order chi connectivity index (χ0) is 11.9. The molecule has 0 bridgehead atoms. The Morgan fingerprint density at radius 1 is 1.50 bits per heavy atom. The van der Waals surface area contributed by atoms with Crippen LogP contribution in [0.15, 0.2) is 0 Å². The fraction of sp³-hybridized carbons (Fsp3) is 0.500. The quantitative estimate of drug-likeness (QED) is 0.790. The van der Waals surface area contributed by atoms with E-state index in [0.29, 0.717) is 3.70 Å². The zero-order valence-corrected chi connectivity index (χ0v) is 10.1. The fourth-order valence-corrected chi connectivity index (χ4v) is 2.18. The maximum absolute atomic E-state index is 12.0. The van der Waals surface area contributed by atoms with Crippen LogP contribution in [0.3, 0.4) is 0 Å². The van der Waals surface area contributed by atoms with Gasteiger partial charge in [0.25, 0.3) is 0 Å². The number of rotatable bonds is 1. The van der Waals surface area contributed by atoms with Crippen molar-refractivity contribution >= 4 is 28.5 Å². The van der Waals surface area contributed by atoms with Crippen LogP contribution in [0.25, 0.3) is 0 Å². The highest BCUT2D eigenvalue weighted by Gasteiger charge is 2.36. The smallest absolute Gasteiger partial charge is 0.332 e. The van der Waals surface area contributed by atoms with Crippen molar-refractivity contribution in [3.63, 3.8) is 0 Å². The summed E-state index contributed by atoms with van der Waals surface area (Å²) in [5, 5.41) is 6.61. The molecule has 0 atom stereocenters. The summed E-state index contributed by atoms with van der Waals surface area (Å²) in [6.45, 7) is 0.388. The van der Waals surface area contributed by atoms with Gasteiger partial charge < -0.3 is 4.90 Å². The van der Waals surface area contributed by atoms with Crippen molar-refractivity contribution in [2.45, 2.75) is 25.7 Å². The molecule has 0 unspecified atom stereocenters. The second kappa shape index (κ2) is 3.90. The summed E-state index contributed by atoms with van der Waals surface area (Å²) in [4.78, 5) is 12.5. The highest BCUT2D eigenvalue weighted by Crippen LogP contribution is 2.28. The van der Waals surface area contributed by atoms with Gasteiger partial charge in [-0.1, -0.05) is 0 Å². The zero-order valence-electron chi connectivity index (χ0n) is 7.94. The van der Waals surface area contributed by atoms with E-state index in [1.807, 2.05) is 22.6 Å². The lowest BCUT2D eigenvalue weighted by molar-refractivity contribution is -0.161. The van der Waals surface area contributed by atoms with Crippen molar-refractivity contribution in [1.82, 2.24) is 15.1 Å². The van der Waals surface area contributed by atoms with E-state index in [0.717, 1.165) is 11.3 Å². The minimum absolute atomic E-state index is 0.181. The van der Waals surface area contributed by atoms with Crippen LogP contribution in [-0.4, -0.2) is 27.2 Å². The highest BCUT2D eigenvalue weighted by molar-refractivity contribution is 14.1. The van der Waals surface area contributed by atoms with Crippen LogP contribution in [0, 0.1) is 3.70 Å². The number of fused-ring (bicyclic) bond motifs is 1. The fourth-order valence-electron chi connectivity index (χ4n) is 1.56. The van der Waals surface area contributed by atoms with Crippen LogP contribution < -0.4 is 0 Å². The monoisotopic (exact) mass is 345 g/mol. The predicted octanol–water partition coefficient (Wildman–Crippen LogP) is 1.81. The molecule has 0 fully saturated rings. The van der Waals surface area contributed by atoms with E-state index < -0.39 is 18.5 Å². The first kappa shape index (κ1) is 11.7. The van der Waals surface area contributed by atoms with Crippen LogP contribution in [0.5, 0.6) is 0 Å². The van der Waals surface area contributed by atoms with Crippen molar-refractivity contribution < 1.29 is 18.0 Å². The number of aromatic amines is 1. The number of carbonyl (C=O) groups excluding carboxylic acids is 1. The molecule has 1 aliphatic rings. The first-order valence-corrected chi connectivity index (χ1v) is 5.51. The third-order valence-electron chi connectivity index (χ3n) is 2.30. The minimum Gasteiger partial charge on any atom is -0.332 e. The van der Waals surface area contributed by atoms with E-state index >= 15 is 0 Å². The summed E-state index contributed by atoms with van der Waals surface area (Å²) in [7, 11) is 0. The number of nitrogens with zero attached hydrogens (tertiary/aromatic N) is 2. The van der Waals surface area contributed by atoms with Crippen molar-refractivity contribution in [3.8, 4) is 0 Å². The second-order valence-corrected chi connectivity index (χ2v) is 4.54. The van der Waals surface area contributed by atoms with Gasteiger partial charge in [0.05, 0.1) is 18.8 Å². The summed E-state index contributed by atoms with van der Waals surface area (Å²) in [5.41, 5.74) is 1.54. The molecule has 1 aromatic rings. The Morgan fingerprint density at radius 2 is 2.19 bits per heavy atom. The maximum atomic E-state index is 12.0. The predicted molar refractivity (Wildman–Crippen MR) is 56.2 cm³/mol. The van der Waals surface area contributed by atoms with Gasteiger partial charge in [-0.2, -0.15) is 18.3 Å². The number of H-pyrrole nitrogens is 1. The maximum Gasteiger partial charge on any atom is 0.397 e. The summed E-state index contributed by atoms with van der Waals surface area (Å²) in [6, 6.07) is 0. The summed E-state index contributed by atoms with van der Waals surface area (Å²) >= 11 is 1.98. The van der Waals surface area contributed by atoms with Crippen molar-refractivity contribution in [2.75, 3.05) is 0 Å². The molecule has 0 saturated heterocycles. The molecular weight excluding hydrogens is 338 g/mol. The van der Waals surface area contributed by atoms with Gasteiger partial charge in [0.2, 0.25) is 5.91 Å². The van der Waals surface area contributed by atoms with Gasteiger partial charge in [-0.05, 0) is 22.6 Å². The molecular formula is C8H7F3IN3O. The number of hydrogen-bond acceptors (Lipinski definition) is 2. The third kappa shape index (κ3) is 2.30. The van der Waals surface area contributed by atoms with Gasteiger partial charge in [0.1, 0.15) is 10.1 Å². The summed E-state index contributed by atoms with van der Waals surface area (Å²) < 4.78 is 36.8. The molecule has 1 amide bonds. The van der Waals surface area contributed by atoms with E-state index in [9.17, 15) is 18.0 Å². The number of alkyl halides is 3. The first-order valence-electron chi connectivity index (χ1n) is 4.43. The molecule has 1 N–H and O–H groups in total. The van der Waals surface area contributed by atoms with Crippen LogP contribution in [0.1, 0.15) is 17.7 Å². The average Bonchev–Trinajstić information content (AvgIpc) is 2.65. The Balaban J connectivity index is 2.04. The lowest BCUT2D eigenvalue weighted by Crippen LogP contribution is -2.30. The van der Waals surface area contributed by atoms with Crippen LogP contribution >= 0.6 is 22.6 Å². The van der Waals surface area contributed by atoms with Crippen LogP contribution in [0.2, 0.25) is 0 Å². The third-order valence-corrected chi connectivity index (χ3v) is 3.20. The van der Waals surface area contributed by atoms with Gasteiger partial charge in [-0.15, -0.1) is 0 Å². The molecule has 0 radical (unpaired) electrons. The Hall–Kier alpha value is -0.800. The van der Waals surface area contributed by atoms with E-state index in [4.69, 9.17) is 0 Å². The molecule has 2 rings (SSSR count). The van der Waals surface area contributed by atoms with Gasteiger partial charge in [-0.25, -0.2) is 0 Å². The Labute approximate surface area is 102 Å². The topological polar surface area (TPSA) is 49.0 Å².